The minimum atomic E-state index is -1.12. The maximum Gasteiger partial charge on any atom is 0.455 e. The van der Waals surface area contributed by atoms with E-state index in [0.717, 1.165) is 0 Å². The molecule has 0 heterocycles. The van der Waals surface area contributed by atoms with Crippen LogP contribution in [-0.2, 0) is 14.4 Å². The van der Waals surface area contributed by atoms with Gasteiger partial charge in [-0.05, 0) is 0 Å². The zero-order chi connectivity index (χ0) is 5.86. The molecule has 0 aliphatic rings. The van der Waals surface area contributed by atoms with E-state index in [0.29, 0.717) is 0 Å². The molecule has 7 heavy (non-hydrogen) atoms. The van der Waals surface area contributed by atoms with Gasteiger partial charge in [-0.25, -0.2) is 9.59 Å². The van der Waals surface area contributed by atoms with Crippen molar-refractivity contribution >= 4 is 11.9 Å². The van der Waals surface area contributed by atoms with Crippen LogP contribution in [0.5, 0.6) is 0 Å². The highest BCUT2D eigenvalue weighted by Crippen LogP contribution is 1.58. The number of carbonyl (C=O) groups excluding carboxylic acids is 2. The molecule has 0 spiro atoms. The van der Waals surface area contributed by atoms with Crippen molar-refractivity contribution in [1.82, 2.24) is 0 Å². The quantitative estimate of drug-likeness (QED) is 0.256. The van der Waals surface area contributed by atoms with Crippen LogP contribution in [0.3, 0.4) is 0 Å². The lowest BCUT2D eigenvalue weighted by molar-refractivity contribution is -0.303. The van der Waals surface area contributed by atoms with Crippen LogP contribution in [0.15, 0.2) is 0 Å². The van der Waals surface area contributed by atoms with Crippen LogP contribution in [-0.4, -0.2) is 11.9 Å². The standard InChI is InChI=1S/C2H4N2O3/c3-1(5)2(6)7-4/h4H2,(H2,3,5)/p+1. The molecule has 40 valence electrons. The number of rotatable bonds is 0. The van der Waals surface area contributed by atoms with Gasteiger partial charge >= 0.3 is 11.9 Å². The van der Waals surface area contributed by atoms with E-state index < -0.39 is 11.9 Å². The molecule has 0 aromatic rings. The molecule has 0 bridgehead atoms. The molecule has 0 unspecified atom stereocenters. The van der Waals surface area contributed by atoms with E-state index in [1.807, 2.05) is 0 Å². The van der Waals surface area contributed by atoms with E-state index >= 15 is 0 Å². The number of amides is 1. The van der Waals surface area contributed by atoms with E-state index in [9.17, 15) is 9.59 Å². The summed E-state index contributed by atoms with van der Waals surface area (Å²) in [6.07, 6.45) is 0. The van der Waals surface area contributed by atoms with Gasteiger partial charge in [0.1, 0.15) is 0 Å². The van der Waals surface area contributed by atoms with Gasteiger partial charge in [0.25, 0.3) is 0 Å². The molecule has 0 aromatic heterocycles. The summed E-state index contributed by atoms with van der Waals surface area (Å²) in [5.41, 5.74) is 2.72. The van der Waals surface area contributed by atoms with Crippen LogP contribution in [0.4, 0.5) is 0 Å². The lowest BCUT2D eigenvalue weighted by Gasteiger charge is -1.82. The first-order valence-corrected chi connectivity index (χ1v) is 1.45. The van der Waals surface area contributed by atoms with Gasteiger partial charge in [-0.2, -0.15) is 5.90 Å². The van der Waals surface area contributed by atoms with Gasteiger partial charge in [0.15, 0.2) is 0 Å². The van der Waals surface area contributed by atoms with Gasteiger partial charge in [0.05, 0.1) is 0 Å². The molecule has 5 N–H and O–H groups in total. The van der Waals surface area contributed by atoms with Gasteiger partial charge in [0, 0.05) is 0 Å². The summed E-state index contributed by atoms with van der Waals surface area (Å²) in [6.45, 7) is 0. The second-order valence-corrected chi connectivity index (χ2v) is 0.828. The van der Waals surface area contributed by atoms with Crippen LogP contribution in [0.2, 0.25) is 0 Å². The Labute approximate surface area is 39.2 Å². The van der Waals surface area contributed by atoms with E-state index in [1.54, 1.807) is 0 Å². The molecule has 1 amide bonds. The summed E-state index contributed by atoms with van der Waals surface area (Å²) in [4.78, 5) is 22.9. The van der Waals surface area contributed by atoms with Crippen molar-refractivity contribution < 1.29 is 20.2 Å². The van der Waals surface area contributed by atoms with E-state index in [-0.39, 0.29) is 0 Å². The van der Waals surface area contributed by atoms with Gasteiger partial charge in [-0.15, -0.1) is 0 Å². The predicted molar refractivity (Wildman–Crippen MR) is 18.2 cm³/mol. The molecule has 0 saturated heterocycles. The fraction of sp³-hybridized carbons (Fsp3) is 0. The second-order valence-electron chi connectivity index (χ2n) is 0.828. The Bertz CT molecular complexity index is 99.1. The van der Waals surface area contributed by atoms with Crippen LogP contribution in [0.25, 0.3) is 0 Å². The van der Waals surface area contributed by atoms with E-state index in [1.165, 1.54) is 0 Å². The average Bonchev–Trinajstić information content (AvgIpc) is 1.65. The summed E-state index contributed by atoms with van der Waals surface area (Å²) < 4.78 is 0. The van der Waals surface area contributed by atoms with Crippen molar-refractivity contribution in [1.29, 1.82) is 0 Å². The van der Waals surface area contributed by atoms with Crippen molar-refractivity contribution in [2.24, 2.45) is 5.90 Å². The molecule has 0 atom stereocenters. The highest BCUT2D eigenvalue weighted by molar-refractivity contribution is 6.27. The molecule has 5 nitrogen and oxygen atoms in total. The molecular weight excluding hydrogens is 100 g/mol. The zero-order valence-electron chi connectivity index (χ0n) is 3.51. The Morgan fingerprint density at radius 1 is 1.57 bits per heavy atom. The topological polar surface area (TPSA) is 97.0 Å². The predicted octanol–water partition coefficient (Wildman–Crippen LogP) is -2.83. The minimum absolute atomic E-state index is 0.942. The van der Waals surface area contributed by atoms with Crippen molar-refractivity contribution in [3.05, 3.63) is 0 Å². The summed E-state index contributed by atoms with van der Waals surface area (Å²) in [6, 6.07) is 0. The molecule has 0 aromatic carbocycles. The monoisotopic (exact) mass is 105 g/mol. The van der Waals surface area contributed by atoms with Gasteiger partial charge < -0.3 is 4.84 Å². The largest absolute Gasteiger partial charge is 0.455 e. The Morgan fingerprint density at radius 2 is 2.00 bits per heavy atom. The number of hydrogen-bond donors (Lipinski definition) is 2. The molecule has 0 saturated carbocycles. The molecule has 0 fully saturated rings. The van der Waals surface area contributed by atoms with Crippen LogP contribution < -0.4 is 11.6 Å². The van der Waals surface area contributed by atoms with Gasteiger partial charge in [-0.1, -0.05) is 0 Å². The third-order valence-corrected chi connectivity index (χ3v) is 0.335. The molecule has 0 aliphatic carbocycles. The minimum Gasteiger partial charge on any atom is -0.363 e. The molecule has 0 aliphatic heterocycles. The summed E-state index contributed by atoms with van der Waals surface area (Å²) in [7, 11) is 0. The molecule has 5 heteroatoms. The Hall–Kier alpha value is -0.940. The van der Waals surface area contributed by atoms with Crippen molar-refractivity contribution in [2.75, 3.05) is 0 Å². The third kappa shape index (κ3) is 1.85. The number of carbonyl (C=O) groups is 2. The summed E-state index contributed by atoms with van der Waals surface area (Å²) in [5.74, 6) is 2.20. The fourth-order valence-corrected chi connectivity index (χ4v) is 0.0657. The maximum absolute atomic E-state index is 9.75. The third-order valence-electron chi connectivity index (χ3n) is 0.335. The fourth-order valence-electron chi connectivity index (χ4n) is 0.0657. The number of quaternary nitrogens is 1. The first kappa shape index (κ1) is 6.06. The van der Waals surface area contributed by atoms with Crippen LogP contribution >= 0.6 is 0 Å². The first-order chi connectivity index (χ1) is 3.18. The van der Waals surface area contributed by atoms with E-state index in [4.69, 9.17) is 0 Å². The van der Waals surface area contributed by atoms with Crippen molar-refractivity contribution in [2.45, 2.75) is 0 Å². The second kappa shape index (κ2) is 2.27. The SMILES string of the molecule is NOC(=O)C([NH3+])=O. The highest BCUT2D eigenvalue weighted by atomic mass is 16.7. The molecule has 0 radical (unpaired) electrons. The lowest BCUT2D eigenvalue weighted by Crippen LogP contribution is -2.61. The van der Waals surface area contributed by atoms with Crippen LogP contribution in [0.1, 0.15) is 0 Å². The number of nitrogens with two attached hydrogens (primary N) is 1. The van der Waals surface area contributed by atoms with Crippen molar-refractivity contribution in [3.8, 4) is 0 Å². The summed E-state index contributed by atoms with van der Waals surface area (Å²) in [5, 5.41) is 0. The maximum atomic E-state index is 9.75. The zero-order valence-corrected chi connectivity index (χ0v) is 3.51. The smallest absolute Gasteiger partial charge is 0.363 e. The van der Waals surface area contributed by atoms with Gasteiger partial charge in [-0.3, -0.25) is 5.73 Å². The highest BCUT2D eigenvalue weighted by Gasteiger charge is 2.11. The Balaban J connectivity index is 3.58. The first-order valence-electron chi connectivity index (χ1n) is 1.45. The van der Waals surface area contributed by atoms with E-state index in [2.05, 4.69) is 16.5 Å². The molecular formula is C2H5N2O3+. The van der Waals surface area contributed by atoms with Crippen LogP contribution in [0, 0.1) is 0 Å². The molecule has 0 rings (SSSR count). The average molecular weight is 105 g/mol. The summed E-state index contributed by atoms with van der Waals surface area (Å²) >= 11 is 0. The van der Waals surface area contributed by atoms with Crippen molar-refractivity contribution in [3.63, 3.8) is 0 Å². The Morgan fingerprint density at radius 3 is 2.00 bits per heavy atom. The lowest BCUT2D eigenvalue weighted by atomic mass is 10.7. The normalized spacial score (nSPS) is 7.71. The van der Waals surface area contributed by atoms with Gasteiger partial charge in [0.2, 0.25) is 0 Å². The number of hydrogen-bond acceptors (Lipinski definition) is 4. The Kier molecular flexibility index (Phi) is 1.97.